The van der Waals surface area contributed by atoms with Crippen molar-refractivity contribution in [2.75, 3.05) is 20.1 Å². The van der Waals surface area contributed by atoms with Gasteiger partial charge in [-0.25, -0.2) is 8.42 Å². The molecule has 0 amide bonds. The predicted octanol–water partition coefficient (Wildman–Crippen LogP) is 2.79. The molecular weight excluding hydrogens is 476 g/mol. The van der Waals surface area contributed by atoms with Gasteiger partial charge in [0, 0.05) is 25.2 Å². The molecular formula is C28H34N2O5S. The van der Waals surface area contributed by atoms with Crippen molar-refractivity contribution in [3.8, 4) is 11.5 Å². The van der Waals surface area contributed by atoms with E-state index in [1.54, 1.807) is 13.1 Å². The molecule has 2 aromatic rings. The Balaban J connectivity index is 1.30. The van der Waals surface area contributed by atoms with Gasteiger partial charge in [-0.05, 0) is 68.2 Å². The number of phenolic OH excluding ortho intramolecular Hbond substituents is 1. The molecule has 3 fully saturated rings. The molecule has 2 heterocycles. The number of benzene rings is 2. The minimum Gasteiger partial charge on any atom is -0.504 e. The molecule has 3 aliphatic carbocycles. The quantitative estimate of drug-likeness (QED) is 0.621. The molecule has 1 saturated heterocycles. The van der Waals surface area contributed by atoms with Gasteiger partial charge < -0.3 is 14.9 Å². The van der Waals surface area contributed by atoms with Gasteiger partial charge in [0.15, 0.2) is 11.5 Å². The summed E-state index contributed by atoms with van der Waals surface area (Å²) in [7, 11) is -1.98. The Morgan fingerprint density at radius 2 is 1.89 bits per heavy atom. The summed E-state index contributed by atoms with van der Waals surface area (Å²) in [5, 5.41) is 23.4. The van der Waals surface area contributed by atoms with E-state index in [2.05, 4.69) is 4.90 Å². The van der Waals surface area contributed by atoms with Gasteiger partial charge in [0.25, 0.3) is 0 Å². The summed E-state index contributed by atoms with van der Waals surface area (Å²) in [6.07, 6.45) is 4.45. The van der Waals surface area contributed by atoms with E-state index in [0.717, 1.165) is 42.1 Å². The molecule has 2 saturated carbocycles. The third-order valence-electron chi connectivity index (χ3n) is 9.83. The summed E-state index contributed by atoms with van der Waals surface area (Å²) in [5.41, 5.74) is 1.05. The zero-order chi connectivity index (χ0) is 24.9. The van der Waals surface area contributed by atoms with E-state index in [9.17, 15) is 18.6 Å². The number of aliphatic hydroxyl groups is 1. The van der Waals surface area contributed by atoms with Gasteiger partial charge in [-0.3, -0.25) is 4.90 Å². The van der Waals surface area contributed by atoms with Crippen molar-refractivity contribution in [1.29, 1.82) is 0 Å². The van der Waals surface area contributed by atoms with Crippen LogP contribution in [0.15, 0.2) is 42.5 Å². The van der Waals surface area contributed by atoms with Gasteiger partial charge in [-0.2, -0.15) is 4.31 Å². The first-order valence-corrected chi connectivity index (χ1v) is 14.8. The highest BCUT2D eigenvalue weighted by atomic mass is 32.2. The van der Waals surface area contributed by atoms with E-state index in [-0.39, 0.29) is 17.5 Å². The zero-order valence-corrected chi connectivity index (χ0v) is 21.5. The largest absolute Gasteiger partial charge is 0.504 e. The number of piperidine rings is 1. The van der Waals surface area contributed by atoms with Gasteiger partial charge in [0.05, 0.1) is 22.8 Å². The molecule has 2 unspecified atom stereocenters. The van der Waals surface area contributed by atoms with E-state index >= 15 is 0 Å². The van der Waals surface area contributed by atoms with Crippen LogP contribution in [0.3, 0.4) is 0 Å². The Labute approximate surface area is 212 Å². The summed E-state index contributed by atoms with van der Waals surface area (Å²) >= 11 is 0. The van der Waals surface area contributed by atoms with Crippen molar-refractivity contribution < 1.29 is 23.4 Å². The van der Waals surface area contributed by atoms with Crippen LogP contribution in [0.2, 0.25) is 0 Å². The van der Waals surface area contributed by atoms with Gasteiger partial charge in [0.1, 0.15) is 6.10 Å². The van der Waals surface area contributed by atoms with Crippen LogP contribution in [0.4, 0.5) is 0 Å². The lowest BCUT2D eigenvalue weighted by atomic mass is 9.48. The van der Waals surface area contributed by atoms with Crippen molar-refractivity contribution in [3.05, 3.63) is 59.2 Å². The molecule has 1 spiro atoms. The first-order valence-electron chi connectivity index (χ1n) is 13.2. The highest BCUT2D eigenvalue weighted by Gasteiger charge is 2.73. The Kier molecular flexibility index (Phi) is 4.92. The Morgan fingerprint density at radius 3 is 2.64 bits per heavy atom. The summed E-state index contributed by atoms with van der Waals surface area (Å²) < 4.78 is 35.2. The summed E-state index contributed by atoms with van der Waals surface area (Å²) in [5.74, 6) is 1.17. The Morgan fingerprint density at radius 1 is 1.11 bits per heavy atom. The Bertz CT molecular complexity index is 1310. The first-order chi connectivity index (χ1) is 17.2. The maximum atomic E-state index is 13.6. The molecule has 36 heavy (non-hydrogen) atoms. The van der Waals surface area contributed by atoms with Crippen LogP contribution < -0.4 is 4.74 Å². The lowest BCUT2D eigenvalue weighted by molar-refractivity contribution is -0.195. The monoisotopic (exact) mass is 510 g/mol. The topological polar surface area (TPSA) is 90.3 Å². The maximum absolute atomic E-state index is 13.6. The van der Waals surface area contributed by atoms with E-state index < -0.39 is 33.2 Å². The van der Waals surface area contributed by atoms with Gasteiger partial charge in [-0.1, -0.05) is 36.4 Å². The normalized spacial score (nSPS) is 34.9. The molecule has 2 bridgehead atoms. The second-order valence-corrected chi connectivity index (χ2v) is 13.7. The fraction of sp³-hybridized carbons (Fsp3) is 0.571. The SMILES string of the molecule is CN(C1CC[C@@]2(O)[C@H]3Cc4ccc(O)c5c4[C@@]2(CCN3CC2CC2)C1O5)S(=O)(=O)Cc1ccccc1. The van der Waals surface area contributed by atoms with Crippen LogP contribution in [-0.4, -0.2) is 71.8 Å². The second kappa shape index (κ2) is 7.69. The van der Waals surface area contributed by atoms with Crippen molar-refractivity contribution in [2.45, 2.75) is 73.5 Å². The summed E-state index contributed by atoms with van der Waals surface area (Å²) in [6, 6.07) is 12.5. The Hall–Kier alpha value is -2.13. The molecule has 5 atom stereocenters. The molecule has 192 valence electrons. The van der Waals surface area contributed by atoms with Gasteiger partial charge in [0.2, 0.25) is 10.0 Å². The number of nitrogens with zero attached hydrogens (tertiary/aromatic N) is 2. The third-order valence-corrected chi connectivity index (χ3v) is 11.7. The number of phenols is 1. The summed E-state index contributed by atoms with van der Waals surface area (Å²) in [4.78, 5) is 2.49. The highest BCUT2D eigenvalue weighted by Crippen LogP contribution is 2.66. The molecule has 8 heteroatoms. The lowest BCUT2D eigenvalue weighted by Gasteiger charge is -2.64. The van der Waals surface area contributed by atoms with E-state index in [1.165, 1.54) is 17.1 Å². The van der Waals surface area contributed by atoms with Crippen LogP contribution in [0.1, 0.15) is 48.8 Å². The first kappa shape index (κ1) is 23.0. The van der Waals surface area contributed by atoms with Gasteiger partial charge in [-0.15, -0.1) is 0 Å². The predicted molar refractivity (Wildman–Crippen MR) is 135 cm³/mol. The minimum absolute atomic E-state index is 0.0203. The average Bonchev–Trinajstić information content (AvgIpc) is 3.59. The number of likely N-dealkylation sites (N-methyl/N-ethyl adjacent to an activating group) is 1. The van der Waals surface area contributed by atoms with Crippen molar-refractivity contribution in [3.63, 3.8) is 0 Å². The average molecular weight is 511 g/mol. The molecule has 0 radical (unpaired) electrons. The van der Waals surface area contributed by atoms with Crippen LogP contribution in [0, 0.1) is 5.92 Å². The van der Waals surface area contributed by atoms with Crippen molar-refractivity contribution in [2.24, 2.45) is 5.92 Å². The van der Waals surface area contributed by atoms with E-state index in [0.29, 0.717) is 25.0 Å². The minimum atomic E-state index is -3.63. The maximum Gasteiger partial charge on any atom is 0.218 e. The van der Waals surface area contributed by atoms with E-state index in [4.69, 9.17) is 4.74 Å². The number of rotatable bonds is 6. The molecule has 7 nitrogen and oxygen atoms in total. The molecule has 2 aliphatic heterocycles. The molecule has 2 aromatic carbocycles. The number of sulfonamides is 1. The van der Waals surface area contributed by atoms with Crippen LogP contribution in [0.5, 0.6) is 11.5 Å². The zero-order valence-electron chi connectivity index (χ0n) is 20.6. The van der Waals surface area contributed by atoms with Crippen molar-refractivity contribution >= 4 is 10.0 Å². The fourth-order valence-electron chi connectivity index (χ4n) is 7.92. The number of hydrogen-bond donors (Lipinski definition) is 2. The van der Waals surface area contributed by atoms with Crippen LogP contribution in [-0.2, 0) is 27.6 Å². The number of aromatic hydroxyl groups is 1. The number of hydrogen-bond acceptors (Lipinski definition) is 6. The summed E-state index contributed by atoms with van der Waals surface area (Å²) in [6.45, 7) is 1.87. The molecule has 2 N–H and O–H groups in total. The fourth-order valence-corrected chi connectivity index (χ4v) is 9.37. The smallest absolute Gasteiger partial charge is 0.218 e. The number of ether oxygens (including phenoxy) is 1. The molecule has 7 rings (SSSR count). The van der Waals surface area contributed by atoms with Crippen molar-refractivity contribution in [1.82, 2.24) is 9.21 Å². The van der Waals surface area contributed by atoms with Crippen LogP contribution >= 0.6 is 0 Å². The van der Waals surface area contributed by atoms with E-state index in [1.807, 2.05) is 36.4 Å². The van der Waals surface area contributed by atoms with Gasteiger partial charge >= 0.3 is 0 Å². The second-order valence-electron chi connectivity index (χ2n) is 11.7. The number of likely N-dealkylation sites (tertiary alicyclic amines) is 1. The van der Waals surface area contributed by atoms with Crippen LogP contribution in [0.25, 0.3) is 0 Å². The third kappa shape index (κ3) is 3.04. The lowest BCUT2D eigenvalue weighted by Crippen LogP contribution is -2.78. The molecule has 5 aliphatic rings. The highest BCUT2D eigenvalue weighted by molar-refractivity contribution is 7.88. The standard InChI is InChI=1S/C28H34N2O5S/c1-29(36(33,34)17-19-5-3-2-4-6-19)21-11-12-28(32)23-15-20-9-10-22(31)25-24(20)27(28,26(21)35-25)13-14-30(23)16-18-7-8-18/h2-6,9-10,18,21,23,26,31-32H,7-8,11-17H2,1H3/t21?,23-,26?,27+,28-/m1/s1. The molecule has 0 aromatic heterocycles.